The lowest BCUT2D eigenvalue weighted by Crippen LogP contribution is -2.15. The Kier molecular flexibility index (Phi) is 4.34. The highest BCUT2D eigenvalue weighted by atomic mass is 32.1. The summed E-state index contributed by atoms with van der Waals surface area (Å²) in [6.07, 6.45) is 4.99. The largest absolute Gasteiger partial charge is 0.477 e. The molecule has 5 nitrogen and oxygen atoms in total. The standard InChI is InChI=1S/C17H15N3O2S/c1-20(17-19-10-15(23-17)16(21)22)11-12-4-6-13(7-5-12)14-3-2-8-18-9-14/h2-10H,11H2,1H3,(H,21,22). The first kappa shape index (κ1) is 15.2. The van der Waals surface area contributed by atoms with Gasteiger partial charge in [-0.15, -0.1) is 0 Å². The summed E-state index contributed by atoms with van der Waals surface area (Å²) < 4.78 is 0. The number of pyridine rings is 1. The van der Waals surface area contributed by atoms with Gasteiger partial charge in [-0.05, 0) is 22.8 Å². The maximum atomic E-state index is 10.9. The number of thiazole rings is 1. The zero-order valence-corrected chi connectivity index (χ0v) is 13.3. The number of carboxylic acids is 1. The lowest BCUT2D eigenvalue weighted by Gasteiger charge is -2.15. The van der Waals surface area contributed by atoms with Gasteiger partial charge in [-0.3, -0.25) is 4.98 Å². The topological polar surface area (TPSA) is 66.3 Å². The van der Waals surface area contributed by atoms with Crippen LogP contribution in [-0.4, -0.2) is 28.1 Å². The summed E-state index contributed by atoms with van der Waals surface area (Å²) in [6.45, 7) is 0.667. The van der Waals surface area contributed by atoms with E-state index in [0.717, 1.165) is 16.7 Å². The van der Waals surface area contributed by atoms with E-state index < -0.39 is 5.97 Å². The molecule has 0 unspecified atom stereocenters. The molecule has 3 aromatic rings. The minimum absolute atomic E-state index is 0.249. The highest BCUT2D eigenvalue weighted by molar-refractivity contribution is 7.17. The number of nitrogens with zero attached hydrogens (tertiary/aromatic N) is 3. The molecule has 0 amide bonds. The molecule has 0 aliphatic carbocycles. The van der Waals surface area contributed by atoms with Crippen molar-refractivity contribution in [1.82, 2.24) is 9.97 Å². The average molecular weight is 325 g/mol. The smallest absolute Gasteiger partial charge is 0.347 e. The van der Waals surface area contributed by atoms with E-state index >= 15 is 0 Å². The number of aromatic carboxylic acids is 1. The Labute approximate surface area is 137 Å². The third kappa shape index (κ3) is 3.54. The molecular weight excluding hydrogens is 310 g/mol. The van der Waals surface area contributed by atoms with Crippen LogP contribution < -0.4 is 4.90 Å². The number of aromatic nitrogens is 2. The highest BCUT2D eigenvalue weighted by Gasteiger charge is 2.12. The van der Waals surface area contributed by atoms with E-state index in [1.54, 1.807) is 6.20 Å². The minimum atomic E-state index is -0.942. The Morgan fingerprint density at radius 2 is 1.96 bits per heavy atom. The molecule has 1 N–H and O–H groups in total. The molecule has 0 aliphatic heterocycles. The maximum Gasteiger partial charge on any atom is 0.347 e. The Morgan fingerprint density at radius 1 is 1.17 bits per heavy atom. The van der Waals surface area contributed by atoms with Gasteiger partial charge in [0, 0.05) is 26.0 Å². The molecule has 3 rings (SSSR count). The van der Waals surface area contributed by atoms with Crippen molar-refractivity contribution in [2.45, 2.75) is 6.54 Å². The number of anilines is 1. The average Bonchev–Trinajstić information content (AvgIpc) is 3.07. The summed E-state index contributed by atoms with van der Waals surface area (Å²) in [5.74, 6) is -0.942. The third-order valence-corrected chi connectivity index (χ3v) is 4.50. The number of benzene rings is 1. The van der Waals surface area contributed by atoms with Crippen LogP contribution in [0.1, 0.15) is 15.2 Å². The molecule has 2 aromatic heterocycles. The van der Waals surface area contributed by atoms with Crippen molar-refractivity contribution in [2.24, 2.45) is 0 Å². The molecule has 2 heterocycles. The molecule has 0 saturated carbocycles. The number of rotatable bonds is 5. The molecule has 0 aliphatic rings. The van der Waals surface area contributed by atoms with Gasteiger partial charge in [0.1, 0.15) is 4.88 Å². The highest BCUT2D eigenvalue weighted by Crippen LogP contribution is 2.24. The molecule has 0 saturated heterocycles. The van der Waals surface area contributed by atoms with Gasteiger partial charge in [0.25, 0.3) is 0 Å². The van der Waals surface area contributed by atoms with E-state index in [0.29, 0.717) is 11.7 Å². The van der Waals surface area contributed by atoms with Crippen LogP contribution in [0.3, 0.4) is 0 Å². The fraction of sp³-hybridized carbons (Fsp3) is 0.118. The van der Waals surface area contributed by atoms with Crippen LogP contribution in [0.15, 0.2) is 55.0 Å². The zero-order valence-electron chi connectivity index (χ0n) is 12.5. The lowest BCUT2D eigenvalue weighted by molar-refractivity contribution is 0.0702. The molecule has 6 heteroatoms. The molecule has 116 valence electrons. The predicted octanol–water partition coefficient (Wildman–Crippen LogP) is 3.54. The van der Waals surface area contributed by atoms with E-state index in [9.17, 15) is 4.79 Å². The van der Waals surface area contributed by atoms with E-state index in [-0.39, 0.29) is 4.88 Å². The van der Waals surface area contributed by atoms with Crippen LogP contribution in [0, 0.1) is 0 Å². The van der Waals surface area contributed by atoms with E-state index in [2.05, 4.69) is 34.2 Å². The maximum absolute atomic E-state index is 10.9. The number of carboxylic acid groups (broad SMARTS) is 1. The van der Waals surface area contributed by atoms with Crippen LogP contribution >= 0.6 is 11.3 Å². The molecule has 0 spiro atoms. The quantitative estimate of drug-likeness (QED) is 0.777. The summed E-state index contributed by atoms with van der Waals surface area (Å²) in [4.78, 5) is 21.4. The molecule has 23 heavy (non-hydrogen) atoms. The molecule has 0 radical (unpaired) electrons. The van der Waals surface area contributed by atoms with Crippen LogP contribution in [-0.2, 0) is 6.54 Å². The van der Waals surface area contributed by atoms with Gasteiger partial charge in [-0.1, -0.05) is 41.7 Å². The predicted molar refractivity (Wildman–Crippen MR) is 90.9 cm³/mol. The Hall–Kier alpha value is -2.73. The second-order valence-electron chi connectivity index (χ2n) is 5.11. The molecule has 0 atom stereocenters. The summed E-state index contributed by atoms with van der Waals surface area (Å²) in [6, 6.07) is 12.2. The summed E-state index contributed by atoms with van der Waals surface area (Å²) in [5, 5.41) is 9.65. The second kappa shape index (κ2) is 6.58. The van der Waals surface area contributed by atoms with Gasteiger partial charge in [0.05, 0.1) is 6.20 Å². The number of hydrogen-bond acceptors (Lipinski definition) is 5. The van der Waals surface area contributed by atoms with Crippen LogP contribution in [0.5, 0.6) is 0 Å². The third-order valence-electron chi connectivity index (χ3n) is 3.40. The Morgan fingerprint density at radius 3 is 2.57 bits per heavy atom. The molecule has 0 bridgehead atoms. The van der Waals surface area contributed by atoms with Crippen molar-refractivity contribution >= 4 is 22.4 Å². The second-order valence-corrected chi connectivity index (χ2v) is 6.12. The monoisotopic (exact) mass is 325 g/mol. The summed E-state index contributed by atoms with van der Waals surface area (Å²) in [7, 11) is 1.90. The van der Waals surface area contributed by atoms with E-state index in [4.69, 9.17) is 5.11 Å². The summed E-state index contributed by atoms with van der Waals surface area (Å²) >= 11 is 1.18. The van der Waals surface area contributed by atoms with Gasteiger partial charge in [-0.2, -0.15) is 0 Å². The van der Waals surface area contributed by atoms with E-state index in [1.807, 2.05) is 30.3 Å². The van der Waals surface area contributed by atoms with Crippen molar-refractivity contribution in [3.05, 3.63) is 65.4 Å². The molecule has 1 aromatic carbocycles. The van der Waals surface area contributed by atoms with Crippen molar-refractivity contribution in [2.75, 3.05) is 11.9 Å². The molecule has 0 fully saturated rings. The number of hydrogen-bond donors (Lipinski definition) is 1. The fourth-order valence-corrected chi connectivity index (χ4v) is 2.93. The normalized spacial score (nSPS) is 10.5. The Bertz CT molecular complexity index is 800. The first-order valence-corrected chi connectivity index (χ1v) is 7.85. The van der Waals surface area contributed by atoms with Crippen molar-refractivity contribution < 1.29 is 9.90 Å². The first-order chi connectivity index (χ1) is 11.1. The van der Waals surface area contributed by atoms with E-state index in [1.165, 1.54) is 17.5 Å². The fourth-order valence-electron chi connectivity index (χ4n) is 2.22. The van der Waals surface area contributed by atoms with Crippen LogP contribution in [0.4, 0.5) is 5.13 Å². The summed E-state index contributed by atoms with van der Waals surface area (Å²) in [5.41, 5.74) is 3.33. The van der Waals surface area contributed by atoms with Gasteiger partial charge in [-0.25, -0.2) is 9.78 Å². The Balaban J connectivity index is 1.71. The van der Waals surface area contributed by atoms with Crippen molar-refractivity contribution in [3.63, 3.8) is 0 Å². The zero-order chi connectivity index (χ0) is 16.2. The lowest BCUT2D eigenvalue weighted by atomic mass is 10.1. The van der Waals surface area contributed by atoms with Gasteiger partial charge < -0.3 is 10.0 Å². The van der Waals surface area contributed by atoms with Gasteiger partial charge in [0.15, 0.2) is 5.13 Å². The van der Waals surface area contributed by atoms with Crippen LogP contribution in [0.25, 0.3) is 11.1 Å². The molecular formula is C17H15N3O2S. The van der Waals surface area contributed by atoms with Gasteiger partial charge in [0.2, 0.25) is 0 Å². The SMILES string of the molecule is CN(Cc1ccc(-c2cccnc2)cc1)c1ncc(C(=O)O)s1. The van der Waals surface area contributed by atoms with Crippen molar-refractivity contribution in [1.29, 1.82) is 0 Å². The minimum Gasteiger partial charge on any atom is -0.477 e. The number of carbonyl (C=O) groups is 1. The van der Waals surface area contributed by atoms with Gasteiger partial charge >= 0.3 is 5.97 Å². The first-order valence-electron chi connectivity index (χ1n) is 7.03. The van der Waals surface area contributed by atoms with Crippen LogP contribution in [0.2, 0.25) is 0 Å². The van der Waals surface area contributed by atoms with Crippen molar-refractivity contribution in [3.8, 4) is 11.1 Å².